The van der Waals surface area contributed by atoms with Crippen LogP contribution in [0.5, 0.6) is 5.75 Å². The number of hydrogen-bond acceptors (Lipinski definition) is 6. The third-order valence-electron chi connectivity index (χ3n) is 2.01. The lowest BCUT2D eigenvalue weighted by atomic mass is 10.3. The van der Waals surface area contributed by atoms with Crippen molar-refractivity contribution in [2.75, 3.05) is 0 Å². The summed E-state index contributed by atoms with van der Waals surface area (Å²) in [5.41, 5.74) is 0. The molecule has 102 valence electrons. The predicted molar refractivity (Wildman–Crippen MR) is 73.5 cm³/mol. The zero-order chi connectivity index (χ0) is 14.0. The molecule has 0 bridgehead atoms. The lowest BCUT2D eigenvalue weighted by Gasteiger charge is -2.09. The average molecular weight is 432 g/mol. The molecule has 0 spiro atoms. The van der Waals surface area contributed by atoms with E-state index in [1.807, 2.05) is 0 Å². The lowest BCUT2D eigenvalue weighted by molar-refractivity contribution is 0.283. The summed E-state index contributed by atoms with van der Waals surface area (Å²) in [6.07, 6.45) is 1.19. The Morgan fingerprint density at radius 2 is 1.95 bits per heavy atom. The van der Waals surface area contributed by atoms with Crippen molar-refractivity contribution in [2.45, 2.75) is 11.5 Å². The minimum atomic E-state index is -3.81. The highest BCUT2D eigenvalue weighted by Gasteiger charge is 2.17. The van der Waals surface area contributed by atoms with Crippen molar-refractivity contribution in [3.05, 3.63) is 33.3 Å². The minimum absolute atomic E-state index is 0.0418. The van der Waals surface area contributed by atoms with Crippen LogP contribution in [0.4, 0.5) is 0 Å². The van der Waals surface area contributed by atoms with Gasteiger partial charge >= 0.3 is 0 Å². The number of ether oxygens (including phenoxy) is 1. The van der Waals surface area contributed by atoms with Crippen LogP contribution in [-0.4, -0.2) is 18.6 Å². The first-order valence-corrected chi connectivity index (χ1v) is 8.59. The summed E-state index contributed by atoms with van der Waals surface area (Å²) in [5, 5.41) is 3.59. The Morgan fingerprint density at radius 3 is 2.42 bits per heavy atom. The number of benzene rings is 1. The zero-order valence-corrected chi connectivity index (χ0v) is 13.8. The van der Waals surface area contributed by atoms with Gasteiger partial charge in [0.25, 0.3) is 9.05 Å². The SMILES string of the molecule is O=S(=O)(Cl)c1cc(Br)c(OCc2ncon2)c(Br)c1. The van der Waals surface area contributed by atoms with E-state index in [1.165, 1.54) is 18.5 Å². The maximum absolute atomic E-state index is 11.2. The molecule has 0 N–H and O–H groups in total. The summed E-state index contributed by atoms with van der Waals surface area (Å²) in [5.74, 6) is 0.779. The molecule has 6 nitrogen and oxygen atoms in total. The third-order valence-corrected chi connectivity index (χ3v) is 4.52. The molecule has 1 aromatic heterocycles. The van der Waals surface area contributed by atoms with Gasteiger partial charge in [-0.15, -0.1) is 0 Å². The van der Waals surface area contributed by atoms with Crippen LogP contribution in [0.25, 0.3) is 0 Å². The van der Waals surface area contributed by atoms with Gasteiger partial charge < -0.3 is 9.26 Å². The number of aromatic nitrogens is 2. The normalized spacial score (nSPS) is 11.5. The predicted octanol–water partition coefficient (Wildman–Crippen LogP) is 3.10. The van der Waals surface area contributed by atoms with Crippen LogP contribution in [0.15, 0.2) is 36.9 Å². The highest BCUT2D eigenvalue weighted by Crippen LogP contribution is 2.37. The fourth-order valence-corrected chi connectivity index (χ4v) is 3.71. The summed E-state index contributed by atoms with van der Waals surface area (Å²) in [6.45, 7) is 0.0840. The average Bonchev–Trinajstić information content (AvgIpc) is 2.79. The van der Waals surface area contributed by atoms with E-state index in [0.717, 1.165) is 0 Å². The number of halogens is 3. The van der Waals surface area contributed by atoms with Gasteiger partial charge in [-0.2, -0.15) is 4.98 Å². The summed E-state index contributed by atoms with van der Waals surface area (Å²) >= 11 is 6.42. The molecule has 0 aliphatic rings. The first kappa shape index (κ1) is 14.8. The Kier molecular flexibility index (Phi) is 4.49. The Hall–Kier alpha value is -0.640. The van der Waals surface area contributed by atoms with Crippen LogP contribution in [0.2, 0.25) is 0 Å². The van der Waals surface area contributed by atoms with E-state index in [9.17, 15) is 8.42 Å². The van der Waals surface area contributed by atoms with Crippen molar-refractivity contribution < 1.29 is 17.7 Å². The van der Waals surface area contributed by atoms with Gasteiger partial charge in [-0.3, -0.25) is 0 Å². The van der Waals surface area contributed by atoms with Crippen molar-refractivity contribution in [3.63, 3.8) is 0 Å². The van der Waals surface area contributed by atoms with Gasteiger partial charge in [0.1, 0.15) is 5.75 Å². The molecule has 0 atom stereocenters. The van der Waals surface area contributed by atoms with E-state index in [1.54, 1.807) is 0 Å². The molecule has 1 heterocycles. The van der Waals surface area contributed by atoms with Crippen molar-refractivity contribution >= 4 is 51.6 Å². The first-order chi connectivity index (χ1) is 8.88. The van der Waals surface area contributed by atoms with Gasteiger partial charge in [0.15, 0.2) is 6.61 Å². The summed E-state index contributed by atoms with van der Waals surface area (Å²) in [6, 6.07) is 2.69. The van der Waals surface area contributed by atoms with Crippen LogP contribution in [0.1, 0.15) is 5.82 Å². The Balaban J connectivity index is 2.27. The molecule has 2 rings (SSSR count). The fraction of sp³-hybridized carbons (Fsp3) is 0.111. The maximum atomic E-state index is 11.2. The quantitative estimate of drug-likeness (QED) is 0.691. The molecule has 1 aromatic carbocycles. The highest BCUT2D eigenvalue weighted by atomic mass is 79.9. The third kappa shape index (κ3) is 3.68. The van der Waals surface area contributed by atoms with Crippen LogP contribution in [-0.2, 0) is 15.7 Å². The molecule has 10 heteroatoms. The van der Waals surface area contributed by atoms with E-state index in [0.29, 0.717) is 20.5 Å². The van der Waals surface area contributed by atoms with E-state index >= 15 is 0 Å². The second-order valence-corrected chi connectivity index (χ2v) is 7.56. The molecule has 2 aromatic rings. The molecular formula is C9H5Br2ClN2O4S. The Labute approximate surface area is 129 Å². The van der Waals surface area contributed by atoms with Crippen molar-refractivity contribution in [2.24, 2.45) is 0 Å². The van der Waals surface area contributed by atoms with E-state index in [-0.39, 0.29) is 11.5 Å². The monoisotopic (exact) mass is 430 g/mol. The topological polar surface area (TPSA) is 82.3 Å². The standard InChI is InChI=1S/C9H5Br2ClN2O4S/c10-6-1-5(19(12,15)16)2-7(11)9(6)17-3-8-13-4-18-14-8/h1-2,4H,3H2. The van der Waals surface area contributed by atoms with Crippen LogP contribution >= 0.6 is 42.5 Å². The number of hydrogen-bond donors (Lipinski definition) is 0. The zero-order valence-electron chi connectivity index (χ0n) is 9.01. The van der Waals surface area contributed by atoms with Crippen molar-refractivity contribution in [1.29, 1.82) is 0 Å². The van der Waals surface area contributed by atoms with E-state index < -0.39 is 9.05 Å². The van der Waals surface area contributed by atoms with Gasteiger partial charge in [-0.1, -0.05) is 5.16 Å². The number of nitrogens with zero attached hydrogens (tertiary/aromatic N) is 2. The molecule has 0 fully saturated rings. The smallest absolute Gasteiger partial charge is 0.261 e. The van der Waals surface area contributed by atoms with E-state index in [2.05, 4.69) is 46.5 Å². The second-order valence-electron chi connectivity index (χ2n) is 3.29. The second kappa shape index (κ2) is 5.78. The molecule has 0 aliphatic carbocycles. The highest BCUT2D eigenvalue weighted by molar-refractivity contribution is 9.11. The molecule has 0 unspecified atom stereocenters. The van der Waals surface area contributed by atoms with Crippen LogP contribution in [0, 0.1) is 0 Å². The molecular weight excluding hydrogens is 427 g/mol. The van der Waals surface area contributed by atoms with Gasteiger partial charge in [0, 0.05) is 10.7 Å². The first-order valence-electron chi connectivity index (χ1n) is 4.69. The minimum Gasteiger partial charge on any atom is -0.483 e. The van der Waals surface area contributed by atoms with Gasteiger partial charge in [0.2, 0.25) is 12.2 Å². The maximum Gasteiger partial charge on any atom is 0.261 e. The summed E-state index contributed by atoms with van der Waals surface area (Å²) in [4.78, 5) is 3.76. The fourth-order valence-electron chi connectivity index (χ4n) is 1.21. The largest absolute Gasteiger partial charge is 0.483 e. The van der Waals surface area contributed by atoms with Gasteiger partial charge in [-0.25, -0.2) is 8.42 Å². The lowest BCUT2D eigenvalue weighted by Crippen LogP contribution is -2.00. The number of rotatable bonds is 4. The van der Waals surface area contributed by atoms with Crippen molar-refractivity contribution in [3.8, 4) is 5.75 Å². The Bertz CT molecular complexity index is 667. The van der Waals surface area contributed by atoms with Crippen LogP contribution in [0.3, 0.4) is 0 Å². The van der Waals surface area contributed by atoms with E-state index in [4.69, 9.17) is 15.4 Å². The molecule has 0 aliphatic heterocycles. The summed E-state index contributed by atoms with van der Waals surface area (Å²) in [7, 11) is 1.46. The Morgan fingerprint density at radius 1 is 1.32 bits per heavy atom. The van der Waals surface area contributed by atoms with Gasteiger partial charge in [0.05, 0.1) is 13.8 Å². The van der Waals surface area contributed by atoms with Gasteiger partial charge in [-0.05, 0) is 44.0 Å². The molecule has 19 heavy (non-hydrogen) atoms. The molecule has 0 amide bonds. The van der Waals surface area contributed by atoms with Crippen molar-refractivity contribution in [1.82, 2.24) is 10.1 Å². The molecule has 0 saturated carbocycles. The molecule has 0 radical (unpaired) electrons. The molecule has 0 saturated heterocycles. The summed E-state index contributed by atoms with van der Waals surface area (Å²) < 4.78 is 33.4. The van der Waals surface area contributed by atoms with Crippen LogP contribution < -0.4 is 4.74 Å².